The van der Waals surface area contributed by atoms with Gasteiger partial charge in [-0.2, -0.15) is 0 Å². The van der Waals surface area contributed by atoms with Gasteiger partial charge in [0.05, 0.1) is 6.26 Å². The minimum atomic E-state index is 0.362. The molecule has 2 aromatic rings. The van der Waals surface area contributed by atoms with E-state index in [9.17, 15) is 0 Å². The highest BCUT2D eigenvalue weighted by atomic mass is 16.3. The summed E-state index contributed by atoms with van der Waals surface area (Å²) in [5.74, 6) is 1.03. The van der Waals surface area contributed by atoms with Crippen LogP contribution in [0.4, 0.5) is 0 Å². The zero-order chi connectivity index (χ0) is 12.1. The highest BCUT2D eigenvalue weighted by Crippen LogP contribution is 2.13. The molecule has 2 atom stereocenters. The maximum absolute atomic E-state index is 5.35. The van der Waals surface area contributed by atoms with Gasteiger partial charge in [-0.3, -0.25) is 0 Å². The first kappa shape index (κ1) is 11.9. The summed E-state index contributed by atoms with van der Waals surface area (Å²) in [7, 11) is 0. The summed E-state index contributed by atoms with van der Waals surface area (Å²) in [5, 5.41) is 3.57. The highest BCUT2D eigenvalue weighted by molar-refractivity contribution is 5.18. The van der Waals surface area contributed by atoms with Crippen LogP contribution in [0.5, 0.6) is 0 Å². The second kappa shape index (κ2) is 5.69. The maximum Gasteiger partial charge on any atom is 0.105 e. The number of nitrogens with one attached hydrogen (secondary N) is 1. The van der Waals surface area contributed by atoms with Gasteiger partial charge in [0.15, 0.2) is 0 Å². The van der Waals surface area contributed by atoms with E-state index >= 15 is 0 Å². The average molecular weight is 229 g/mol. The van der Waals surface area contributed by atoms with Gasteiger partial charge in [-0.25, -0.2) is 0 Å². The minimum Gasteiger partial charge on any atom is -0.469 e. The Kier molecular flexibility index (Phi) is 3.99. The van der Waals surface area contributed by atoms with Gasteiger partial charge in [0.25, 0.3) is 0 Å². The third kappa shape index (κ3) is 3.46. The molecule has 2 heteroatoms. The molecule has 1 aromatic heterocycles. The minimum absolute atomic E-state index is 0.362. The number of hydrogen-bond acceptors (Lipinski definition) is 2. The Hall–Kier alpha value is -1.54. The molecule has 90 valence electrons. The van der Waals surface area contributed by atoms with Crippen molar-refractivity contribution in [3.05, 3.63) is 60.1 Å². The van der Waals surface area contributed by atoms with Crippen LogP contribution >= 0.6 is 0 Å². The van der Waals surface area contributed by atoms with Crippen LogP contribution in [0.15, 0.2) is 53.1 Å². The van der Waals surface area contributed by atoms with Crippen LogP contribution in [0.1, 0.15) is 31.2 Å². The Morgan fingerprint density at radius 2 is 1.82 bits per heavy atom. The lowest BCUT2D eigenvalue weighted by Gasteiger charge is -2.19. The monoisotopic (exact) mass is 229 g/mol. The van der Waals surface area contributed by atoms with Gasteiger partial charge in [0, 0.05) is 18.5 Å². The number of furan rings is 1. The van der Waals surface area contributed by atoms with E-state index in [1.165, 1.54) is 5.56 Å². The number of hydrogen-bond donors (Lipinski definition) is 1. The molecule has 0 amide bonds. The van der Waals surface area contributed by atoms with Gasteiger partial charge < -0.3 is 9.73 Å². The van der Waals surface area contributed by atoms with E-state index in [1.807, 2.05) is 18.2 Å². The topological polar surface area (TPSA) is 25.2 Å². The zero-order valence-electron chi connectivity index (χ0n) is 10.4. The normalized spacial score (nSPS) is 14.5. The zero-order valence-corrected chi connectivity index (χ0v) is 10.4. The molecule has 2 rings (SSSR count). The van der Waals surface area contributed by atoms with E-state index in [2.05, 4.69) is 43.4 Å². The average Bonchev–Trinajstić information content (AvgIpc) is 2.82. The molecule has 1 aromatic carbocycles. The summed E-state index contributed by atoms with van der Waals surface area (Å²) < 4.78 is 5.35. The third-order valence-electron chi connectivity index (χ3n) is 2.92. The van der Waals surface area contributed by atoms with Crippen molar-refractivity contribution in [1.29, 1.82) is 0 Å². The molecule has 0 saturated carbocycles. The van der Waals surface area contributed by atoms with Crippen LogP contribution in [-0.2, 0) is 6.42 Å². The van der Waals surface area contributed by atoms with Gasteiger partial charge in [-0.1, -0.05) is 30.3 Å². The van der Waals surface area contributed by atoms with E-state index in [0.717, 1.165) is 12.2 Å². The summed E-state index contributed by atoms with van der Waals surface area (Å²) in [4.78, 5) is 0. The Balaban J connectivity index is 1.88. The Labute approximate surface area is 103 Å². The van der Waals surface area contributed by atoms with E-state index in [1.54, 1.807) is 6.26 Å². The lowest BCUT2D eigenvalue weighted by molar-refractivity contribution is 0.429. The molecule has 0 bridgehead atoms. The molecule has 0 spiro atoms. The molecule has 0 fully saturated rings. The van der Waals surface area contributed by atoms with Gasteiger partial charge in [0.1, 0.15) is 5.76 Å². The fraction of sp³-hybridized carbons (Fsp3) is 0.333. The first-order chi connectivity index (χ1) is 8.25. The molecule has 17 heavy (non-hydrogen) atoms. The quantitative estimate of drug-likeness (QED) is 0.848. The third-order valence-corrected chi connectivity index (χ3v) is 2.92. The van der Waals surface area contributed by atoms with Crippen molar-refractivity contribution in [3.63, 3.8) is 0 Å². The fourth-order valence-electron chi connectivity index (χ4n) is 2.05. The second-order valence-electron chi connectivity index (χ2n) is 4.48. The van der Waals surface area contributed by atoms with Crippen LogP contribution in [-0.4, -0.2) is 6.04 Å². The van der Waals surface area contributed by atoms with Crippen LogP contribution in [0.3, 0.4) is 0 Å². The van der Waals surface area contributed by atoms with Gasteiger partial charge in [0.2, 0.25) is 0 Å². The van der Waals surface area contributed by atoms with E-state index in [4.69, 9.17) is 4.42 Å². The molecule has 1 heterocycles. The summed E-state index contributed by atoms with van der Waals surface area (Å²) in [6.07, 6.45) is 2.65. The molecule has 2 nitrogen and oxygen atoms in total. The van der Waals surface area contributed by atoms with Crippen LogP contribution in [0.25, 0.3) is 0 Å². The number of benzene rings is 1. The van der Waals surface area contributed by atoms with E-state index < -0.39 is 0 Å². The molecular weight excluding hydrogens is 210 g/mol. The number of rotatable bonds is 5. The maximum atomic E-state index is 5.35. The van der Waals surface area contributed by atoms with Gasteiger partial charge in [-0.05, 0) is 31.5 Å². The highest BCUT2D eigenvalue weighted by Gasteiger charge is 2.10. The smallest absolute Gasteiger partial charge is 0.105 e. The predicted octanol–water partition coefficient (Wildman–Crippen LogP) is 3.56. The largest absolute Gasteiger partial charge is 0.469 e. The fourth-order valence-corrected chi connectivity index (χ4v) is 2.05. The van der Waals surface area contributed by atoms with Crippen LogP contribution in [0, 0.1) is 0 Å². The molecule has 0 unspecified atom stereocenters. The predicted molar refractivity (Wildman–Crippen MR) is 69.9 cm³/mol. The van der Waals surface area contributed by atoms with Crippen molar-refractivity contribution in [1.82, 2.24) is 5.32 Å². The first-order valence-electron chi connectivity index (χ1n) is 6.09. The van der Waals surface area contributed by atoms with Crippen molar-refractivity contribution in [2.45, 2.75) is 32.4 Å². The van der Waals surface area contributed by atoms with Gasteiger partial charge >= 0.3 is 0 Å². The standard InChI is InChI=1S/C15H19NO/c1-12(11-15-9-6-10-17-15)16-13(2)14-7-4-3-5-8-14/h3-10,12-13,16H,11H2,1-2H3/t12-,13-/m0/s1. The Morgan fingerprint density at radius 1 is 1.06 bits per heavy atom. The van der Waals surface area contributed by atoms with Crippen molar-refractivity contribution >= 4 is 0 Å². The lowest BCUT2D eigenvalue weighted by Crippen LogP contribution is -2.30. The summed E-state index contributed by atoms with van der Waals surface area (Å²) in [6.45, 7) is 4.37. The summed E-state index contributed by atoms with van der Waals surface area (Å²) in [5.41, 5.74) is 1.32. The van der Waals surface area contributed by atoms with Crippen molar-refractivity contribution in [2.75, 3.05) is 0 Å². The van der Waals surface area contributed by atoms with E-state index in [-0.39, 0.29) is 0 Å². The SMILES string of the molecule is C[C@H](N[C@@H](C)Cc1ccco1)c1ccccc1. The lowest BCUT2D eigenvalue weighted by atomic mass is 10.1. The van der Waals surface area contributed by atoms with Crippen LogP contribution in [0.2, 0.25) is 0 Å². The second-order valence-corrected chi connectivity index (χ2v) is 4.48. The molecule has 0 radical (unpaired) electrons. The Morgan fingerprint density at radius 3 is 2.47 bits per heavy atom. The molecule has 0 aliphatic carbocycles. The molecular formula is C15H19NO. The first-order valence-corrected chi connectivity index (χ1v) is 6.09. The summed E-state index contributed by atoms with van der Waals surface area (Å²) >= 11 is 0. The van der Waals surface area contributed by atoms with Crippen molar-refractivity contribution < 1.29 is 4.42 Å². The Bertz CT molecular complexity index is 421. The van der Waals surface area contributed by atoms with Crippen molar-refractivity contribution in [3.8, 4) is 0 Å². The molecule has 1 N–H and O–H groups in total. The van der Waals surface area contributed by atoms with Crippen LogP contribution < -0.4 is 5.32 Å². The van der Waals surface area contributed by atoms with Gasteiger partial charge in [-0.15, -0.1) is 0 Å². The van der Waals surface area contributed by atoms with Crippen molar-refractivity contribution in [2.24, 2.45) is 0 Å². The summed E-state index contributed by atoms with van der Waals surface area (Å²) in [6, 6.07) is 15.2. The molecule has 0 saturated heterocycles. The van der Waals surface area contributed by atoms with E-state index in [0.29, 0.717) is 12.1 Å². The molecule has 0 aliphatic rings. The molecule has 0 aliphatic heterocycles.